The largest absolute Gasteiger partial charge is 0.329 e. The molecule has 0 saturated heterocycles. The van der Waals surface area contributed by atoms with Crippen molar-refractivity contribution in [2.45, 2.75) is 20.0 Å². The van der Waals surface area contributed by atoms with E-state index in [2.05, 4.69) is 29.0 Å². The van der Waals surface area contributed by atoms with Crippen LogP contribution in [0.2, 0.25) is 0 Å². The Hall–Kier alpha value is -3.31. The van der Waals surface area contributed by atoms with Gasteiger partial charge in [-0.1, -0.05) is 60.7 Å². The molecule has 5 heteroatoms. The first-order valence-electron chi connectivity index (χ1n) is 9.44. The summed E-state index contributed by atoms with van der Waals surface area (Å²) in [6.45, 7) is 3.11. The summed E-state index contributed by atoms with van der Waals surface area (Å²) >= 11 is 1.43. The zero-order chi connectivity index (χ0) is 20.1. The fraction of sp³-hybridized carbons (Fsp3) is 0.125. The van der Waals surface area contributed by atoms with Gasteiger partial charge in [0.2, 0.25) is 0 Å². The number of hydrogen-bond donors (Lipinski definition) is 0. The number of amides is 1. The number of aryl methyl sites for hydroxylation is 1. The molecule has 4 rings (SSSR count). The van der Waals surface area contributed by atoms with Crippen molar-refractivity contribution in [1.82, 2.24) is 14.9 Å². The predicted octanol–water partition coefficient (Wildman–Crippen LogP) is 5.36. The Labute approximate surface area is 174 Å². The quantitative estimate of drug-likeness (QED) is 0.439. The van der Waals surface area contributed by atoms with Crippen molar-refractivity contribution < 1.29 is 4.79 Å². The first-order valence-corrected chi connectivity index (χ1v) is 10.3. The second kappa shape index (κ2) is 8.80. The summed E-state index contributed by atoms with van der Waals surface area (Å²) in [7, 11) is 0. The molecule has 4 aromatic rings. The van der Waals surface area contributed by atoms with Crippen LogP contribution in [-0.2, 0) is 13.1 Å². The second-order valence-corrected chi connectivity index (χ2v) is 7.88. The van der Waals surface area contributed by atoms with Gasteiger partial charge in [-0.2, -0.15) is 0 Å². The molecule has 0 spiro atoms. The molecule has 0 N–H and O–H groups in total. The van der Waals surface area contributed by atoms with Gasteiger partial charge in [0, 0.05) is 31.0 Å². The summed E-state index contributed by atoms with van der Waals surface area (Å²) in [4.78, 5) is 24.6. The van der Waals surface area contributed by atoms with E-state index in [-0.39, 0.29) is 5.91 Å². The van der Waals surface area contributed by atoms with E-state index in [1.807, 2.05) is 59.5 Å². The van der Waals surface area contributed by atoms with Gasteiger partial charge in [0.1, 0.15) is 9.88 Å². The van der Waals surface area contributed by atoms with Gasteiger partial charge < -0.3 is 4.90 Å². The van der Waals surface area contributed by atoms with Crippen molar-refractivity contribution in [3.63, 3.8) is 0 Å². The molecular weight excluding hydrogens is 378 g/mol. The number of aromatic nitrogens is 2. The summed E-state index contributed by atoms with van der Waals surface area (Å²) in [5.41, 5.74) is 4.33. The van der Waals surface area contributed by atoms with Crippen LogP contribution < -0.4 is 0 Å². The molecule has 0 aliphatic carbocycles. The molecule has 144 valence electrons. The average molecular weight is 400 g/mol. The van der Waals surface area contributed by atoms with Gasteiger partial charge in [0.05, 0.1) is 6.20 Å². The van der Waals surface area contributed by atoms with Crippen molar-refractivity contribution in [2.24, 2.45) is 0 Å². The maximum Gasteiger partial charge on any atom is 0.266 e. The fourth-order valence-electron chi connectivity index (χ4n) is 3.15. The molecule has 0 bridgehead atoms. The minimum atomic E-state index is -0.0169. The molecule has 0 aliphatic rings. The van der Waals surface area contributed by atoms with Crippen LogP contribution in [0.15, 0.2) is 85.3 Å². The lowest BCUT2D eigenvalue weighted by molar-refractivity contribution is 0.0734. The highest BCUT2D eigenvalue weighted by Gasteiger charge is 2.20. The lowest BCUT2D eigenvalue weighted by atomic mass is 10.1. The third-order valence-corrected chi connectivity index (χ3v) is 5.78. The third kappa shape index (κ3) is 4.58. The molecule has 2 aromatic heterocycles. The minimum Gasteiger partial charge on any atom is -0.329 e. The smallest absolute Gasteiger partial charge is 0.266 e. The van der Waals surface area contributed by atoms with Crippen LogP contribution in [0.5, 0.6) is 0 Å². The Balaban J connectivity index is 1.62. The van der Waals surface area contributed by atoms with E-state index < -0.39 is 0 Å². The average Bonchev–Trinajstić information content (AvgIpc) is 3.26. The van der Waals surface area contributed by atoms with Crippen molar-refractivity contribution in [3.05, 3.63) is 107 Å². The molecule has 2 aromatic carbocycles. The molecule has 4 nitrogen and oxygen atoms in total. The number of hydrogen-bond acceptors (Lipinski definition) is 4. The molecule has 1 amide bonds. The van der Waals surface area contributed by atoms with Gasteiger partial charge in [-0.15, -0.1) is 11.3 Å². The second-order valence-electron chi connectivity index (χ2n) is 6.84. The van der Waals surface area contributed by atoms with Crippen LogP contribution in [0, 0.1) is 6.92 Å². The third-order valence-electron chi connectivity index (χ3n) is 4.74. The van der Waals surface area contributed by atoms with Crippen LogP contribution in [0.25, 0.3) is 10.6 Å². The molecule has 0 atom stereocenters. The molecule has 0 fully saturated rings. The van der Waals surface area contributed by atoms with E-state index in [1.54, 1.807) is 18.6 Å². The van der Waals surface area contributed by atoms with E-state index in [0.717, 1.165) is 21.7 Å². The molecule has 0 aliphatic heterocycles. The first kappa shape index (κ1) is 19.0. The summed E-state index contributed by atoms with van der Waals surface area (Å²) in [5.74, 6) is -0.0169. The highest BCUT2D eigenvalue weighted by molar-refractivity contribution is 7.16. The molecule has 0 saturated carbocycles. The highest BCUT2D eigenvalue weighted by atomic mass is 32.1. The number of benzene rings is 2. The predicted molar refractivity (Wildman–Crippen MR) is 117 cm³/mol. The lowest BCUT2D eigenvalue weighted by Crippen LogP contribution is -2.30. The monoisotopic (exact) mass is 399 g/mol. The van der Waals surface area contributed by atoms with Crippen LogP contribution in [0.4, 0.5) is 0 Å². The maximum absolute atomic E-state index is 13.4. The Kier molecular flexibility index (Phi) is 5.77. The SMILES string of the molecule is Cc1ccccc1CN(Cc1cccnc1)C(=O)c1cnc(-c2ccccc2)s1. The highest BCUT2D eigenvalue weighted by Crippen LogP contribution is 2.26. The summed E-state index contributed by atoms with van der Waals surface area (Å²) < 4.78 is 0. The van der Waals surface area contributed by atoms with E-state index in [4.69, 9.17) is 0 Å². The molecule has 0 unspecified atom stereocenters. The Morgan fingerprint density at radius 3 is 2.48 bits per heavy atom. The van der Waals surface area contributed by atoms with Crippen molar-refractivity contribution in [1.29, 1.82) is 0 Å². The summed E-state index contributed by atoms with van der Waals surface area (Å²) in [6, 6.07) is 22.0. The molecular formula is C24H21N3OS. The normalized spacial score (nSPS) is 10.7. The van der Waals surface area contributed by atoms with Crippen LogP contribution in [0.3, 0.4) is 0 Å². The number of nitrogens with zero attached hydrogens (tertiary/aromatic N) is 3. The standard InChI is InChI=1S/C24H21N3OS/c1-18-8-5-6-12-21(18)17-27(16-19-9-7-13-25-14-19)24(28)22-15-26-23(29-22)20-10-3-2-4-11-20/h2-15H,16-17H2,1H3. The van der Waals surface area contributed by atoms with Gasteiger partial charge in [-0.3, -0.25) is 9.78 Å². The molecule has 0 radical (unpaired) electrons. The van der Waals surface area contributed by atoms with Crippen molar-refractivity contribution in [3.8, 4) is 10.6 Å². The number of thiazole rings is 1. The van der Waals surface area contributed by atoms with E-state index in [1.165, 1.54) is 16.9 Å². The van der Waals surface area contributed by atoms with Gasteiger partial charge >= 0.3 is 0 Å². The fourth-order valence-corrected chi connectivity index (χ4v) is 4.04. The van der Waals surface area contributed by atoms with Crippen molar-refractivity contribution >= 4 is 17.2 Å². The Morgan fingerprint density at radius 1 is 0.931 bits per heavy atom. The number of pyridine rings is 1. The van der Waals surface area contributed by atoms with E-state index in [9.17, 15) is 4.79 Å². The number of carbonyl (C=O) groups excluding carboxylic acids is 1. The van der Waals surface area contributed by atoms with E-state index in [0.29, 0.717) is 18.0 Å². The molecule has 29 heavy (non-hydrogen) atoms. The summed E-state index contributed by atoms with van der Waals surface area (Å²) in [5, 5.41) is 0.853. The number of carbonyl (C=O) groups is 1. The summed E-state index contributed by atoms with van der Waals surface area (Å²) in [6.07, 6.45) is 5.23. The van der Waals surface area contributed by atoms with Gasteiger partial charge in [-0.05, 0) is 29.7 Å². The van der Waals surface area contributed by atoms with Crippen LogP contribution in [-0.4, -0.2) is 20.8 Å². The topological polar surface area (TPSA) is 46.1 Å². The lowest BCUT2D eigenvalue weighted by Gasteiger charge is -2.23. The van der Waals surface area contributed by atoms with Crippen LogP contribution >= 0.6 is 11.3 Å². The van der Waals surface area contributed by atoms with Gasteiger partial charge in [0.15, 0.2) is 0 Å². The van der Waals surface area contributed by atoms with Crippen LogP contribution in [0.1, 0.15) is 26.4 Å². The minimum absolute atomic E-state index is 0.0169. The van der Waals surface area contributed by atoms with E-state index >= 15 is 0 Å². The Bertz CT molecular complexity index is 1090. The van der Waals surface area contributed by atoms with Gasteiger partial charge in [-0.25, -0.2) is 4.98 Å². The zero-order valence-electron chi connectivity index (χ0n) is 16.2. The maximum atomic E-state index is 13.4. The van der Waals surface area contributed by atoms with Gasteiger partial charge in [0.25, 0.3) is 5.91 Å². The number of rotatable bonds is 6. The Morgan fingerprint density at radius 2 is 1.72 bits per heavy atom. The van der Waals surface area contributed by atoms with Crippen molar-refractivity contribution in [2.75, 3.05) is 0 Å². The molecule has 2 heterocycles. The zero-order valence-corrected chi connectivity index (χ0v) is 17.0. The first-order chi connectivity index (χ1) is 14.2.